The van der Waals surface area contributed by atoms with E-state index in [0.717, 1.165) is 17.3 Å². The second-order valence-corrected chi connectivity index (χ2v) is 5.79. The molecule has 0 bridgehead atoms. The van der Waals surface area contributed by atoms with Crippen molar-refractivity contribution in [3.8, 4) is 0 Å². The Hall–Kier alpha value is -0.830. The lowest BCUT2D eigenvalue weighted by Crippen LogP contribution is -2.09. The molecule has 0 aliphatic heterocycles. The van der Waals surface area contributed by atoms with Crippen molar-refractivity contribution in [3.05, 3.63) is 35.9 Å². The predicted octanol–water partition coefficient (Wildman–Crippen LogP) is 4.71. The highest BCUT2D eigenvalue weighted by molar-refractivity contribution is 9.09. The molecule has 0 aliphatic carbocycles. The van der Waals surface area contributed by atoms with E-state index in [1.807, 2.05) is 30.3 Å². The standard InChI is InChI=1S/C16H23BrO2/c1-14(8-4-3-7-11-17)12-16(18)19-13-15-9-5-2-6-10-15/h2,5-6,9-10,14H,3-4,7-8,11-13H2,1H3. The van der Waals surface area contributed by atoms with Crippen LogP contribution in [0.2, 0.25) is 0 Å². The first-order valence-electron chi connectivity index (χ1n) is 6.98. The second-order valence-electron chi connectivity index (χ2n) is 4.99. The summed E-state index contributed by atoms with van der Waals surface area (Å²) in [6, 6.07) is 9.81. The SMILES string of the molecule is CC(CCCCCBr)CC(=O)OCc1ccccc1. The predicted molar refractivity (Wildman–Crippen MR) is 82.3 cm³/mol. The number of carbonyl (C=O) groups excluding carboxylic acids is 1. The molecule has 0 aliphatic rings. The number of esters is 1. The third-order valence-electron chi connectivity index (χ3n) is 3.09. The van der Waals surface area contributed by atoms with Gasteiger partial charge in [0.1, 0.15) is 6.61 Å². The van der Waals surface area contributed by atoms with Crippen molar-refractivity contribution in [2.45, 2.75) is 45.6 Å². The maximum Gasteiger partial charge on any atom is 0.306 e. The number of unbranched alkanes of at least 4 members (excludes halogenated alkanes) is 2. The van der Waals surface area contributed by atoms with Crippen molar-refractivity contribution >= 4 is 21.9 Å². The van der Waals surface area contributed by atoms with Crippen LogP contribution in [-0.4, -0.2) is 11.3 Å². The third-order valence-corrected chi connectivity index (χ3v) is 3.65. The van der Waals surface area contributed by atoms with Gasteiger partial charge in [-0.05, 0) is 17.9 Å². The number of hydrogen-bond donors (Lipinski definition) is 0. The van der Waals surface area contributed by atoms with E-state index in [0.29, 0.717) is 18.9 Å². The van der Waals surface area contributed by atoms with Gasteiger partial charge in [0.2, 0.25) is 0 Å². The van der Waals surface area contributed by atoms with Gasteiger partial charge in [0.05, 0.1) is 0 Å². The fourth-order valence-electron chi connectivity index (χ4n) is 1.95. The Labute approximate surface area is 124 Å². The molecular formula is C16H23BrO2. The van der Waals surface area contributed by atoms with Crippen LogP contribution in [0.3, 0.4) is 0 Å². The van der Waals surface area contributed by atoms with E-state index < -0.39 is 0 Å². The summed E-state index contributed by atoms with van der Waals surface area (Å²) in [6.45, 7) is 2.51. The topological polar surface area (TPSA) is 26.3 Å². The van der Waals surface area contributed by atoms with Crippen molar-refractivity contribution < 1.29 is 9.53 Å². The van der Waals surface area contributed by atoms with Crippen LogP contribution in [0.15, 0.2) is 30.3 Å². The molecule has 0 saturated carbocycles. The molecule has 19 heavy (non-hydrogen) atoms. The van der Waals surface area contributed by atoms with Gasteiger partial charge >= 0.3 is 5.97 Å². The van der Waals surface area contributed by atoms with Gasteiger partial charge in [-0.25, -0.2) is 0 Å². The average molecular weight is 327 g/mol. The lowest BCUT2D eigenvalue weighted by Gasteiger charge is -2.11. The van der Waals surface area contributed by atoms with E-state index >= 15 is 0 Å². The molecule has 0 N–H and O–H groups in total. The van der Waals surface area contributed by atoms with Gasteiger partial charge < -0.3 is 4.74 Å². The van der Waals surface area contributed by atoms with Gasteiger partial charge in [-0.15, -0.1) is 0 Å². The Morgan fingerprint density at radius 2 is 1.95 bits per heavy atom. The van der Waals surface area contributed by atoms with Gasteiger partial charge in [0.25, 0.3) is 0 Å². The van der Waals surface area contributed by atoms with E-state index in [9.17, 15) is 4.79 Å². The van der Waals surface area contributed by atoms with E-state index in [1.165, 1.54) is 19.3 Å². The Morgan fingerprint density at radius 3 is 2.63 bits per heavy atom. The maximum absolute atomic E-state index is 11.7. The van der Waals surface area contributed by atoms with Crippen molar-refractivity contribution in [3.63, 3.8) is 0 Å². The normalized spacial score (nSPS) is 12.1. The van der Waals surface area contributed by atoms with Crippen LogP contribution in [0.5, 0.6) is 0 Å². The smallest absolute Gasteiger partial charge is 0.306 e. The maximum atomic E-state index is 11.7. The number of alkyl halides is 1. The van der Waals surface area contributed by atoms with Crippen LogP contribution in [-0.2, 0) is 16.1 Å². The highest BCUT2D eigenvalue weighted by atomic mass is 79.9. The molecule has 3 heteroatoms. The van der Waals surface area contributed by atoms with Crippen molar-refractivity contribution in [1.29, 1.82) is 0 Å². The van der Waals surface area contributed by atoms with Gasteiger partial charge in [0.15, 0.2) is 0 Å². The molecular weight excluding hydrogens is 304 g/mol. The molecule has 0 radical (unpaired) electrons. The fraction of sp³-hybridized carbons (Fsp3) is 0.562. The highest BCUT2D eigenvalue weighted by Crippen LogP contribution is 2.14. The fourth-order valence-corrected chi connectivity index (χ4v) is 2.34. The van der Waals surface area contributed by atoms with Gasteiger partial charge in [-0.3, -0.25) is 4.79 Å². The van der Waals surface area contributed by atoms with Crippen LogP contribution >= 0.6 is 15.9 Å². The molecule has 106 valence electrons. The zero-order chi connectivity index (χ0) is 13.9. The molecule has 0 aromatic heterocycles. The lowest BCUT2D eigenvalue weighted by atomic mass is 10.0. The van der Waals surface area contributed by atoms with Crippen LogP contribution in [0, 0.1) is 5.92 Å². The zero-order valence-corrected chi connectivity index (χ0v) is 13.2. The number of rotatable bonds is 9. The molecule has 1 aromatic rings. The van der Waals surface area contributed by atoms with Crippen LogP contribution in [0.1, 0.15) is 44.6 Å². The quantitative estimate of drug-likeness (QED) is 0.373. The Kier molecular flexibility index (Phi) is 8.55. The molecule has 1 rings (SSSR count). The summed E-state index contributed by atoms with van der Waals surface area (Å²) in [4.78, 5) is 11.7. The van der Waals surface area contributed by atoms with Gasteiger partial charge in [0, 0.05) is 11.8 Å². The largest absolute Gasteiger partial charge is 0.461 e. The van der Waals surface area contributed by atoms with Crippen molar-refractivity contribution in [2.75, 3.05) is 5.33 Å². The van der Waals surface area contributed by atoms with E-state index in [4.69, 9.17) is 4.74 Å². The Morgan fingerprint density at radius 1 is 1.21 bits per heavy atom. The van der Waals surface area contributed by atoms with E-state index in [-0.39, 0.29) is 5.97 Å². The summed E-state index contributed by atoms with van der Waals surface area (Å²) in [6.07, 6.45) is 5.27. The summed E-state index contributed by atoms with van der Waals surface area (Å²) in [5.41, 5.74) is 1.04. The molecule has 1 atom stereocenters. The Bertz CT molecular complexity index is 351. The summed E-state index contributed by atoms with van der Waals surface area (Å²) < 4.78 is 5.28. The molecule has 1 unspecified atom stereocenters. The monoisotopic (exact) mass is 326 g/mol. The van der Waals surface area contributed by atoms with E-state index in [1.54, 1.807) is 0 Å². The van der Waals surface area contributed by atoms with Crippen LogP contribution < -0.4 is 0 Å². The first-order valence-corrected chi connectivity index (χ1v) is 8.10. The minimum absolute atomic E-state index is 0.0863. The molecule has 2 nitrogen and oxygen atoms in total. The summed E-state index contributed by atoms with van der Waals surface area (Å²) >= 11 is 3.43. The summed E-state index contributed by atoms with van der Waals surface area (Å²) in [5, 5.41) is 1.07. The molecule has 1 aromatic carbocycles. The first-order chi connectivity index (χ1) is 9.22. The molecule has 0 spiro atoms. The Balaban J connectivity index is 2.13. The molecule has 0 amide bonds. The highest BCUT2D eigenvalue weighted by Gasteiger charge is 2.10. The van der Waals surface area contributed by atoms with Crippen molar-refractivity contribution in [2.24, 2.45) is 5.92 Å². The minimum Gasteiger partial charge on any atom is -0.461 e. The van der Waals surface area contributed by atoms with Crippen molar-refractivity contribution in [1.82, 2.24) is 0 Å². The number of halogens is 1. The van der Waals surface area contributed by atoms with Crippen LogP contribution in [0.4, 0.5) is 0 Å². The molecule has 0 fully saturated rings. The molecule has 0 saturated heterocycles. The van der Waals surface area contributed by atoms with Gasteiger partial charge in [-0.2, -0.15) is 0 Å². The zero-order valence-electron chi connectivity index (χ0n) is 11.6. The minimum atomic E-state index is -0.0863. The first kappa shape index (κ1) is 16.2. The summed E-state index contributed by atoms with van der Waals surface area (Å²) in [5.74, 6) is 0.329. The molecule has 0 heterocycles. The number of carbonyl (C=O) groups is 1. The van der Waals surface area contributed by atoms with Crippen LogP contribution in [0.25, 0.3) is 0 Å². The number of benzene rings is 1. The second kappa shape index (κ2) is 10.0. The number of ether oxygens (including phenoxy) is 1. The summed E-state index contributed by atoms with van der Waals surface area (Å²) in [7, 11) is 0. The lowest BCUT2D eigenvalue weighted by molar-refractivity contribution is -0.146. The third kappa shape index (κ3) is 8.04. The number of hydrogen-bond acceptors (Lipinski definition) is 2. The van der Waals surface area contributed by atoms with E-state index in [2.05, 4.69) is 22.9 Å². The average Bonchev–Trinajstić information content (AvgIpc) is 2.42. The van der Waals surface area contributed by atoms with Gasteiger partial charge in [-0.1, -0.05) is 72.4 Å².